The van der Waals surface area contributed by atoms with Crippen LogP contribution < -0.4 is 0 Å². The van der Waals surface area contributed by atoms with Crippen LogP contribution in [0.5, 0.6) is 0 Å². The van der Waals surface area contributed by atoms with E-state index in [0.717, 1.165) is 11.1 Å². The van der Waals surface area contributed by atoms with Gasteiger partial charge in [0.15, 0.2) is 0 Å². The molecule has 0 saturated carbocycles. The molecule has 1 aliphatic rings. The third-order valence-corrected chi connectivity index (χ3v) is 3.29. The SMILES string of the molecule is CCOC(=O)N1CC(Cl)c2ccccc2C1C#N. The molecule has 2 unspecified atom stereocenters. The number of ether oxygens (including phenoxy) is 1. The highest BCUT2D eigenvalue weighted by Crippen LogP contribution is 2.37. The minimum atomic E-state index is -0.629. The summed E-state index contributed by atoms with van der Waals surface area (Å²) in [5.74, 6) is 0. The van der Waals surface area contributed by atoms with Gasteiger partial charge in [-0.3, -0.25) is 4.90 Å². The van der Waals surface area contributed by atoms with Gasteiger partial charge in [-0.1, -0.05) is 24.3 Å². The first-order valence-corrected chi connectivity index (χ1v) is 6.18. The van der Waals surface area contributed by atoms with Gasteiger partial charge >= 0.3 is 6.09 Å². The van der Waals surface area contributed by atoms with Crippen molar-refractivity contribution < 1.29 is 9.53 Å². The van der Waals surface area contributed by atoms with Gasteiger partial charge in [-0.2, -0.15) is 5.26 Å². The smallest absolute Gasteiger partial charge is 0.411 e. The number of hydrogen-bond acceptors (Lipinski definition) is 3. The predicted molar refractivity (Wildman–Crippen MR) is 67.1 cm³/mol. The lowest BCUT2D eigenvalue weighted by molar-refractivity contribution is 0.0954. The molecule has 1 heterocycles. The van der Waals surface area contributed by atoms with Crippen LogP contribution in [0.25, 0.3) is 0 Å². The van der Waals surface area contributed by atoms with Crippen LogP contribution in [0.3, 0.4) is 0 Å². The Kier molecular flexibility index (Phi) is 3.73. The minimum Gasteiger partial charge on any atom is -0.450 e. The molecular formula is C13H13ClN2O2. The van der Waals surface area contributed by atoms with E-state index >= 15 is 0 Å². The number of nitrogens with zero attached hydrogens (tertiary/aromatic N) is 2. The zero-order valence-electron chi connectivity index (χ0n) is 9.97. The van der Waals surface area contributed by atoms with Crippen molar-refractivity contribution in [3.8, 4) is 6.07 Å². The van der Waals surface area contributed by atoms with Crippen LogP contribution in [0.15, 0.2) is 24.3 Å². The molecule has 1 amide bonds. The quantitative estimate of drug-likeness (QED) is 0.733. The Bertz CT molecular complexity index is 498. The molecule has 2 rings (SSSR count). The second-order valence-corrected chi connectivity index (χ2v) is 4.51. The van der Waals surface area contributed by atoms with E-state index in [4.69, 9.17) is 16.3 Å². The first-order chi connectivity index (χ1) is 8.69. The minimum absolute atomic E-state index is 0.280. The average molecular weight is 265 g/mol. The van der Waals surface area contributed by atoms with E-state index in [-0.39, 0.29) is 18.5 Å². The second kappa shape index (κ2) is 5.28. The third kappa shape index (κ3) is 2.14. The molecule has 0 N–H and O–H groups in total. The van der Waals surface area contributed by atoms with Gasteiger partial charge in [0.2, 0.25) is 0 Å². The molecule has 4 nitrogen and oxygen atoms in total. The summed E-state index contributed by atoms with van der Waals surface area (Å²) in [6, 6.07) is 8.93. The lowest BCUT2D eigenvalue weighted by atomic mass is 9.93. The molecule has 1 aromatic carbocycles. The van der Waals surface area contributed by atoms with E-state index in [1.165, 1.54) is 4.90 Å². The van der Waals surface area contributed by atoms with Gasteiger partial charge in [-0.25, -0.2) is 4.79 Å². The van der Waals surface area contributed by atoms with Crippen LogP contribution >= 0.6 is 11.6 Å². The van der Waals surface area contributed by atoms with Crippen molar-refractivity contribution in [2.24, 2.45) is 0 Å². The largest absolute Gasteiger partial charge is 0.450 e. The van der Waals surface area contributed by atoms with Crippen molar-refractivity contribution in [2.45, 2.75) is 18.3 Å². The molecule has 5 heteroatoms. The molecule has 1 aromatic rings. The molecular weight excluding hydrogens is 252 g/mol. The number of hydrogen-bond donors (Lipinski definition) is 0. The summed E-state index contributed by atoms with van der Waals surface area (Å²) in [7, 11) is 0. The predicted octanol–water partition coefficient (Wildman–Crippen LogP) is 3.00. The van der Waals surface area contributed by atoms with Crippen LogP contribution in [0.4, 0.5) is 4.79 Å². The summed E-state index contributed by atoms with van der Waals surface area (Å²) in [6.45, 7) is 2.30. The maximum atomic E-state index is 11.8. The van der Waals surface area contributed by atoms with Crippen molar-refractivity contribution >= 4 is 17.7 Å². The van der Waals surface area contributed by atoms with Gasteiger partial charge in [-0.05, 0) is 18.1 Å². The zero-order chi connectivity index (χ0) is 13.1. The van der Waals surface area contributed by atoms with Gasteiger partial charge in [0.1, 0.15) is 6.04 Å². The average Bonchev–Trinajstić information content (AvgIpc) is 2.39. The fraction of sp³-hybridized carbons (Fsp3) is 0.385. The molecule has 0 fully saturated rings. The third-order valence-electron chi connectivity index (χ3n) is 2.92. The fourth-order valence-electron chi connectivity index (χ4n) is 2.12. The van der Waals surface area contributed by atoms with Gasteiger partial charge in [0.05, 0.1) is 18.1 Å². The van der Waals surface area contributed by atoms with Crippen LogP contribution in [0, 0.1) is 11.3 Å². The van der Waals surface area contributed by atoms with Crippen molar-refractivity contribution in [3.05, 3.63) is 35.4 Å². The molecule has 0 bridgehead atoms. The number of rotatable bonds is 1. The summed E-state index contributed by atoms with van der Waals surface area (Å²) in [5, 5.41) is 8.96. The van der Waals surface area contributed by atoms with Crippen molar-refractivity contribution in [1.82, 2.24) is 4.90 Å². The lowest BCUT2D eigenvalue weighted by Gasteiger charge is -2.34. The van der Waals surface area contributed by atoms with Crippen molar-refractivity contribution in [1.29, 1.82) is 5.26 Å². The van der Waals surface area contributed by atoms with Crippen molar-refractivity contribution in [3.63, 3.8) is 0 Å². The highest BCUT2D eigenvalue weighted by Gasteiger charge is 2.35. The standard InChI is InChI=1S/C13H13ClN2O2/c1-2-18-13(17)16-8-11(14)9-5-3-4-6-10(9)12(16)7-15/h3-6,11-12H,2,8H2,1H3. The normalized spacial score (nSPS) is 21.9. The molecule has 2 atom stereocenters. The van der Waals surface area contributed by atoms with E-state index in [1.54, 1.807) is 6.92 Å². The van der Waals surface area contributed by atoms with Gasteiger partial charge in [0.25, 0.3) is 0 Å². The number of nitriles is 1. The molecule has 0 aromatic heterocycles. The Morgan fingerprint density at radius 1 is 1.56 bits per heavy atom. The molecule has 0 radical (unpaired) electrons. The van der Waals surface area contributed by atoms with Crippen LogP contribution in [0.1, 0.15) is 29.5 Å². The van der Waals surface area contributed by atoms with E-state index in [1.807, 2.05) is 24.3 Å². The first-order valence-electron chi connectivity index (χ1n) is 5.75. The Balaban J connectivity index is 2.38. The van der Waals surface area contributed by atoms with Gasteiger partial charge in [0, 0.05) is 6.54 Å². The van der Waals surface area contributed by atoms with Gasteiger partial charge in [-0.15, -0.1) is 11.6 Å². The summed E-state index contributed by atoms with van der Waals surface area (Å²) in [5.41, 5.74) is 1.69. The topological polar surface area (TPSA) is 53.3 Å². The lowest BCUT2D eigenvalue weighted by Crippen LogP contribution is -2.40. The zero-order valence-corrected chi connectivity index (χ0v) is 10.7. The number of carbonyl (C=O) groups is 1. The van der Waals surface area contributed by atoms with Crippen LogP contribution in [-0.2, 0) is 4.74 Å². The Labute approximate surface area is 111 Å². The number of benzene rings is 1. The number of alkyl halides is 1. The Hall–Kier alpha value is -1.73. The van der Waals surface area contributed by atoms with E-state index < -0.39 is 12.1 Å². The molecule has 0 aliphatic carbocycles. The summed E-state index contributed by atoms with van der Waals surface area (Å²) in [4.78, 5) is 13.2. The molecule has 0 spiro atoms. The van der Waals surface area contributed by atoms with Crippen LogP contribution in [0.2, 0.25) is 0 Å². The Morgan fingerprint density at radius 2 is 2.22 bits per heavy atom. The summed E-state index contributed by atoms with van der Waals surface area (Å²) < 4.78 is 4.95. The number of fused-ring (bicyclic) bond motifs is 1. The van der Waals surface area contributed by atoms with Gasteiger partial charge < -0.3 is 4.74 Å². The van der Waals surface area contributed by atoms with Crippen molar-refractivity contribution in [2.75, 3.05) is 13.2 Å². The number of carbonyl (C=O) groups excluding carboxylic acids is 1. The van der Waals surface area contributed by atoms with E-state index in [9.17, 15) is 10.1 Å². The van der Waals surface area contributed by atoms with E-state index in [2.05, 4.69) is 6.07 Å². The van der Waals surface area contributed by atoms with Crippen LogP contribution in [-0.4, -0.2) is 24.1 Å². The molecule has 18 heavy (non-hydrogen) atoms. The van der Waals surface area contributed by atoms with E-state index in [0.29, 0.717) is 0 Å². The summed E-state index contributed by atoms with van der Waals surface area (Å²) >= 11 is 6.25. The summed E-state index contributed by atoms with van der Waals surface area (Å²) in [6.07, 6.45) is -0.496. The second-order valence-electron chi connectivity index (χ2n) is 3.98. The molecule has 1 aliphatic heterocycles. The number of amides is 1. The number of halogens is 1. The molecule has 0 saturated heterocycles. The highest BCUT2D eigenvalue weighted by molar-refractivity contribution is 6.21. The highest BCUT2D eigenvalue weighted by atomic mass is 35.5. The fourth-order valence-corrected chi connectivity index (χ4v) is 2.46. The maximum Gasteiger partial charge on any atom is 0.411 e. The monoisotopic (exact) mass is 264 g/mol. The maximum absolute atomic E-state index is 11.8. The molecule has 94 valence electrons. The Morgan fingerprint density at radius 3 is 2.83 bits per heavy atom. The first kappa shape index (κ1) is 12.7.